The molecule has 3 nitrogen and oxygen atoms in total. The Balaban J connectivity index is 2.40. The van der Waals surface area contributed by atoms with Gasteiger partial charge in [0.25, 0.3) is 0 Å². The molecule has 1 aliphatic rings. The van der Waals surface area contributed by atoms with E-state index in [0.29, 0.717) is 17.6 Å². The summed E-state index contributed by atoms with van der Waals surface area (Å²) in [6.07, 6.45) is 6.39. The molecule has 0 aromatic heterocycles. The molecule has 0 saturated heterocycles. The average Bonchev–Trinajstić information content (AvgIpc) is 2.54. The molecule has 0 saturated carbocycles. The molecular weight excluding hydrogens is 300 g/mol. The first-order chi connectivity index (χ1) is 11.4. The van der Waals surface area contributed by atoms with Crippen molar-refractivity contribution in [2.75, 3.05) is 13.7 Å². The number of hydrogen-bond donors (Lipinski definition) is 2. The van der Waals surface area contributed by atoms with Crippen molar-refractivity contribution in [3.63, 3.8) is 0 Å². The highest BCUT2D eigenvalue weighted by Gasteiger charge is 2.33. The zero-order valence-electron chi connectivity index (χ0n) is 15.7. The van der Waals surface area contributed by atoms with Gasteiger partial charge in [0.15, 0.2) is 11.5 Å². The van der Waals surface area contributed by atoms with E-state index in [2.05, 4.69) is 32.9 Å². The van der Waals surface area contributed by atoms with E-state index in [9.17, 15) is 10.2 Å². The van der Waals surface area contributed by atoms with Gasteiger partial charge in [-0.2, -0.15) is 0 Å². The van der Waals surface area contributed by atoms with Gasteiger partial charge in [0, 0.05) is 12.2 Å². The van der Waals surface area contributed by atoms with Crippen LogP contribution in [0.1, 0.15) is 75.0 Å². The van der Waals surface area contributed by atoms with Crippen molar-refractivity contribution in [1.82, 2.24) is 0 Å². The number of methoxy groups -OCH3 is 1. The summed E-state index contributed by atoms with van der Waals surface area (Å²) in [5, 5.41) is 20.4. The van der Waals surface area contributed by atoms with Gasteiger partial charge < -0.3 is 14.9 Å². The molecule has 1 aliphatic carbocycles. The fourth-order valence-electron chi connectivity index (χ4n) is 4.06. The van der Waals surface area contributed by atoms with Crippen molar-refractivity contribution in [3.8, 4) is 11.5 Å². The third-order valence-corrected chi connectivity index (χ3v) is 5.42. The fourth-order valence-corrected chi connectivity index (χ4v) is 4.06. The van der Waals surface area contributed by atoms with Crippen molar-refractivity contribution in [1.29, 1.82) is 0 Å². The minimum Gasteiger partial charge on any atom is -0.504 e. The molecule has 0 spiro atoms. The number of aryl methyl sites for hydroxylation is 1. The van der Waals surface area contributed by atoms with Gasteiger partial charge in [-0.25, -0.2) is 0 Å². The lowest BCUT2D eigenvalue weighted by Gasteiger charge is -2.36. The molecule has 1 unspecified atom stereocenters. The number of allylic oxidation sites excluding steroid dienone is 2. The summed E-state index contributed by atoms with van der Waals surface area (Å²) in [6.45, 7) is 8.55. The van der Waals surface area contributed by atoms with Crippen LogP contribution in [0.4, 0.5) is 0 Å². The lowest BCUT2D eigenvalue weighted by molar-refractivity contribution is 0.185. The maximum absolute atomic E-state index is 10.4. The normalized spacial score (nSPS) is 21.1. The van der Waals surface area contributed by atoms with Crippen LogP contribution in [0.2, 0.25) is 0 Å². The number of ether oxygens (including phenoxy) is 1. The highest BCUT2D eigenvalue weighted by Crippen LogP contribution is 2.50. The van der Waals surface area contributed by atoms with E-state index < -0.39 is 0 Å². The first kappa shape index (κ1) is 18.9. The van der Waals surface area contributed by atoms with Crippen LogP contribution in [0.15, 0.2) is 17.7 Å². The maximum Gasteiger partial charge on any atom is 0.164 e. The third-order valence-electron chi connectivity index (χ3n) is 5.42. The number of aliphatic hydroxyl groups is 1. The van der Waals surface area contributed by atoms with Gasteiger partial charge in [-0.1, -0.05) is 24.6 Å². The van der Waals surface area contributed by atoms with Crippen LogP contribution >= 0.6 is 0 Å². The molecule has 2 rings (SSSR count). The van der Waals surface area contributed by atoms with Crippen LogP contribution in [0.3, 0.4) is 0 Å². The van der Waals surface area contributed by atoms with Gasteiger partial charge >= 0.3 is 0 Å². The largest absolute Gasteiger partial charge is 0.504 e. The number of aromatic hydroxyl groups is 1. The van der Waals surface area contributed by atoms with E-state index >= 15 is 0 Å². The molecule has 24 heavy (non-hydrogen) atoms. The summed E-state index contributed by atoms with van der Waals surface area (Å²) < 4.78 is 5.55. The lowest BCUT2D eigenvalue weighted by atomic mass is 9.70. The van der Waals surface area contributed by atoms with Crippen LogP contribution in [0, 0.1) is 12.8 Å². The van der Waals surface area contributed by atoms with Crippen LogP contribution in [-0.4, -0.2) is 23.9 Å². The van der Waals surface area contributed by atoms with E-state index in [-0.39, 0.29) is 18.3 Å². The number of phenolic OH excluding ortho intramolecular Hbond substituents is 1. The number of rotatable bonds is 6. The Hall–Kier alpha value is -1.48. The van der Waals surface area contributed by atoms with Crippen molar-refractivity contribution in [2.45, 2.75) is 65.2 Å². The summed E-state index contributed by atoms with van der Waals surface area (Å²) in [4.78, 5) is 0. The molecule has 0 fully saturated rings. The molecule has 1 aromatic carbocycles. The van der Waals surface area contributed by atoms with Gasteiger partial charge in [0.2, 0.25) is 0 Å². The standard InChI is InChI=1S/C21H32O3/c1-13(2)7-6-8-16(12-22)17-10-9-14(3)19-18(17)11-15(4)20(23)21(19)24-5/h7,11,14,16-17,22-23H,6,8-10,12H2,1-5H3/t14-,16?,17+/m1/s1. The molecule has 2 N–H and O–H groups in total. The highest BCUT2D eigenvalue weighted by molar-refractivity contribution is 5.57. The van der Waals surface area contributed by atoms with Gasteiger partial charge in [0.1, 0.15) is 0 Å². The van der Waals surface area contributed by atoms with Crippen LogP contribution < -0.4 is 4.74 Å². The predicted molar refractivity (Wildman–Crippen MR) is 99.0 cm³/mol. The predicted octanol–water partition coefficient (Wildman–Crippen LogP) is 5.05. The van der Waals surface area contributed by atoms with Gasteiger partial charge in [-0.3, -0.25) is 0 Å². The molecule has 3 atom stereocenters. The molecule has 3 heteroatoms. The maximum atomic E-state index is 10.4. The van der Waals surface area contributed by atoms with Crippen molar-refractivity contribution in [3.05, 3.63) is 34.4 Å². The number of benzene rings is 1. The van der Waals surface area contributed by atoms with Gasteiger partial charge in [-0.15, -0.1) is 0 Å². The quantitative estimate of drug-likeness (QED) is 0.717. The fraction of sp³-hybridized carbons (Fsp3) is 0.619. The monoisotopic (exact) mass is 332 g/mol. The Bertz CT molecular complexity index is 600. The second-order valence-corrected chi connectivity index (χ2v) is 7.46. The second-order valence-electron chi connectivity index (χ2n) is 7.46. The molecule has 1 aromatic rings. The zero-order chi connectivity index (χ0) is 17.9. The summed E-state index contributed by atoms with van der Waals surface area (Å²) in [5.41, 5.74) is 4.58. The lowest BCUT2D eigenvalue weighted by Crippen LogP contribution is -2.23. The van der Waals surface area contributed by atoms with Crippen molar-refractivity contribution >= 4 is 0 Å². The van der Waals surface area contributed by atoms with Crippen molar-refractivity contribution in [2.24, 2.45) is 5.92 Å². The molecule has 0 amide bonds. The van der Waals surface area contributed by atoms with Crippen LogP contribution in [0.5, 0.6) is 11.5 Å². The topological polar surface area (TPSA) is 49.7 Å². The smallest absolute Gasteiger partial charge is 0.164 e. The van der Waals surface area contributed by atoms with E-state index in [4.69, 9.17) is 4.74 Å². The third kappa shape index (κ3) is 3.77. The Morgan fingerprint density at radius 3 is 2.67 bits per heavy atom. The minimum absolute atomic E-state index is 0.206. The van der Waals surface area contributed by atoms with E-state index in [1.54, 1.807) is 7.11 Å². The second kappa shape index (κ2) is 8.06. The van der Waals surface area contributed by atoms with E-state index in [0.717, 1.165) is 36.8 Å². The SMILES string of the molecule is COc1c(O)c(C)cc2c1[C@H](C)CC[C@H]2C(CO)CCC=C(C)C. The highest BCUT2D eigenvalue weighted by atomic mass is 16.5. The number of aliphatic hydroxyl groups excluding tert-OH is 1. The molecule has 0 aliphatic heterocycles. The molecule has 134 valence electrons. The Morgan fingerprint density at radius 1 is 1.38 bits per heavy atom. The molecule has 0 radical (unpaired) electrons. The number of phenols is 1. The van der Waals surface area contributed by atoms with E-state index in [1.807, 2.05) is 6.92 Å². The summed E-state index contributed by atoms with van der Waals surface area (Å²) in [7, 11) is 1.63. The Morgan fingerprint density at radius 2 is 2.08 bits per heavy atom. The first-order valence-electron chi connectivity index (χ1n) is 9.05. The summed E-state index contributed by atoms with van der Waals surface area (Å²) in [5.74, 6) is 1.84. The molecule has 0 heterocycles. The van der Waals surface area contributed by atoms with Gasteiger partial charge in [-0.05, 0) is 75.3 Å². The molecular formula is C21H32O3. The van der Waals surface area contributed by atoms with Crippen LogP contribution in [0.25, 0.3) is 0 Å². The van der Waals surface area contributed by atoms with Crippen molar-refractivity contribution < 1.29 is 14.9 Å². The average molecular weight is 332 g/mol. The summed E-state index contributed by atoms with van der Waals surface area (Å²) in [6, 6.07) is 2.11. The van der Waals surface area contributed by atoms with Gasteiger partial charge in [0.05, 0.1) is 7.11 Å². The summed E-state index contributed by atoms with van der Waals surface area (Å²) >= 11 is 0. The zero-order valence-corrected chi connectivity index (χ0v) is 15.7. The van der Waals surface area contributed by atoms with E-state index in [1.165, 1.54) is 11.1 Å². The minimum atomic E-state index is 0.206. The number of hydrogen-bond acceptors (Lipinski definition) is 3. The first-order valence-corrected chi connectivity index (χ1v) is 9.05. The number of fused-ring (bicyclic) bond motifs is 1. The molecule has 0 bridgehead atoms. The van der Waals surface area contributed by atoms with Crippen LogP contribution in [-0.2, 0) is 0 Å². The Labute approximate surface area is 146 Å². The Kier molecular flexibility index (Phi) is 6.34.